The molecule has 1 aromatic rings. The predicted octanol–water partition coefficient (Wildman–Crippen LogP) is 0.166. The summed E-state index contributed by atoms with van der Waals surface area (Å²) >= 11 is 0. The van der Waals surface area contributed by atoms with Gasteiger partial charge in [-0.05, 0) is 18.0 Å². The molecular formula is C11H13N2O3. The minimum absolute atomic E-state index is 0.104. The molecule has 0 aliphatic rings. The summed E-state index contributed by atoms with van der Waals surface area (Å²) in [5, 5.41) is 0. The van der Waals surface area contributed by atoms with Crippen molar-refractivity contribution in [3.8, 4) is 0 Å². The van der Waals surface area contributed by atoms with Crippen molar-refractivity contribution in [2.24, 2.45) is 5.73 Å². The lowest BCUT2D eigenvalue weighted by Crippen LogP contribution is -2.33. The number of hydrogen-bond donors (Lipinski definition) is 1. The van der Waals surface area contributed by atoms with Crippen LogP contribution in [0, 0.1) is 0 Å². The van der Waals surface area contributed by atoms with Crippen molar-refractivity contribution in [1.29, 1.82) is 0 Å². The molecule has 0 bridgehead atoms. The van der Waals surface area contributed by atoms with Crippen LogP contribution >= 0.6 is 0 Å². The summed E-state index contributed by atoms with van der Waals surface area (Å²) in [7, 11) is 0. The van der Waals surface area contributed by atoms with Crippen LogP contribution in [0.3, 0.4) is 0 Å². The summed E-state index contributed by atoms with van der Waals surface area (Å²) in [5.41, 5.74) is 9.21. The van der Waals surface area contributed by atoms with E-state index in [1.54, 1.807) is 12.1 Å². The lowest BCUT2D eigenvalue weighted by atomic mass is 10.1. The monoisotopic (exact) mass is 221 g/mol. The number of carbonyl (C=O) groups excluding carboxylic acids is 2. The molecule has 0 aliphatic heterocycles. The van der Waals surface area contributed by atoms with Gasteiger partial charge in [-0.25, -0.2) is 4.79 Å². The van der Waals surface area contributed by atoms with E-state index in [9.17, 15) is 9.59 Å². The quantitative estimate of drug-likeness (QED) is 0.737. The molecule has 1 amide bonds. The van der Waals surface area contributed by atoms with Crippen LogP contribution in [0.1, 0.15) is 12.5 Å². The van der Waals surface area contributed by atoms with Crippen molar-refractivity contribution in [1.82, 2.24) is 5.48 Å². The third kappa shape index (κ3) is 4.10. The maximum atomic E-state index is 11.3. The van der Waals surface area contributed by atoms with E-state index in [4.69, 9.17) is 5.73 Å². The molecule has 0 saturated heterocycles. The highest BCUT2D eigenvalue weighted by Gasteiger charge is 2.13. The van der Waals surface area contributed by atoms with E-state index in [1.807, 2.05) is 18.2 Å². The van der Waals surface area contributed by atoms with E-state index in [0.29, 0.717) is 0 Å². The van der Waals surface area contributed by atoms with Gasteiger partial charge in [0.05, 0.1) is 6.42 Å². The van der Waals surface area contributed by atoms with E-state index in [0.717, 1.165) is 5.56 Å². The topological polar surface area (TPSA) is 83.5 Å². The third-order valence-corrected chi connectivity index (χ3v) is 1.81. The highest BCUT2D eigenvalue weighted by Crippen LogP contribution is 1.99. The second-order valence-electron chi connectivity index (χ2n) is 3.35. The van der Waals surface area contributed by atoms with Crippen molar-refractivity contribution in [3.05, 3.63) is 35.9 Å². The largest absolute Gasteiger partial charge is 0.351 e. The zero-order chi connectivity index (χ0) is 12.0. The number of benzene rings is 1. The van der Waals surface area contributed by atoms with Crippen LogP contribution in [0.4, 0.5) is 0 Å². The van der Waals surface area contributed by atoms with E-state index in [-0.39, 0.29) is 6.42 Å². The van der Waals surface area contributed by atoms with E-state index >= 15 is 0 Å². The van der Waals surface area contributed by atoms with Gasteiger partial charge < -0.3 is 10.6 Å². The highest BCUT2D eigenvalue weighted by atomic mass is 16.7. The molecule has 0 aromatic heterocycles. The van der Waals surface area contributed by atoms with Crippen LogP contribution in [-0.4, -0.2) is 17.9 Å². The Morgan fingerprint density at radius 3 is 2.56 bits per heavy atom. The molecule has 5 heteroatoms. The van der Waals surface area contributed by atoms with Crippen molar-refractivity contribution in [2.45, 2.75) is 19.4 Å². The van der Waals surface area contributed by atoms with Crippen LogP contribution in [0.25, 0.3) is 0 Å². The molecule has 1 rings (SSSR count). The molecular weight excluding hydrogens is 208 g/mol. The molecule has 16 heavy (non-hydrogen) atoms. The first-order valence-corrected chi connectivity index (χ1v) is 4.84. The zero-order valence-corrected chi connectivity index (χ0v) is 8.92. The Labute approximate surface area is 93.5 Å². The third-order valence-electron chi connectivity index (χ3n) is 1.81. The Morgan fingerprint density at radius 1 is 1.38 bits per heavy atom. The van der Waals surface area contributed by atoms with Gasteiger partial charge in [0.2, 0.25) is 0 Å². The highest BCUT2D eigenvalue weighted by molar-refractivity contribution is 5.80. The number of hydrogen-bond acceptors (Lipinski definition) is 4. The SMILES string of the molecule is C[C@H](N)C(=O)O[N]C(=O)Cc1ccccc1. The van der Waals surface area contributed by atoms with Crippen molar-refractivity contribution < 1.29 is 14.4 Å². The van der Waals surface area contributed by atoms with Crippen LogP contribution in [0.2, 0.25) is 0 Å². The van der Waals surface area contributed by atoms with Gasteiger partial charge in [-0.3, -0.25) is 4.79 Å². The molecule has 0 heterocycles. The molecule has 5 nitrogen and oxygen atoms in total. The molecule has 0 spiro atoms. The van der Waals surface area contributed by atoms with Crippen LogP contribution in [-0.2, 0) is 20.8 Å². The first-order valence-electron chi connectivity index (χ1n) is 4.84. The Hall–Kier alpha value is -1.88. The van der Waals surface area contributed by atoms with Gasteiger partial charge in [0.25, 0.3) is 5.91 Å². The number of amides is 1. The zero-order valence-electron chi connectivity index (χ0n) is 8.92. The second kappa shape index (κ2) is 5.87. The van der Waals surface area contributed by atoms with Gasteiger partial charge in [-0.1, -0.05) is 30.3 Å². The average Bonchev–Trinajstić information content (AvgIpc) is 2.27. The van der Waals surface area contributed by atoms with Gasteiger partial charge in [0, 0.05) is 0 Å². The normalized spacial score (nSPS) is 11.6. The Balaban J connectivity index is 2.35. The van der Waals surface area contributed by atoms with E-state index in [2.05, 4.69) is 10.3 Å². The molecule has 0 aliphatic carbocycles. The number of rotatable bonds is 3. The first kappa shape index (κ1) is 12.2. The van der Waals surface area contributed by atoms with Crippen molar-refractivity contribution >= 4 is 11.9 Å². The van der Waals surface area contributed by atoms with Gasteiger partial charge in [0.1, 0.15) is 6.04 Å². The summed E-state index contributed by atoms with van der Waals surface area (Å²) in [5.74, 6) is -1.23. The fourth-order valence-corrected chi connectivity index (χ4v) is 0.982. The predicted molar refractivity (Wildman–Crippen MR) is 57.0 cm³/mol. The maximum Gasteiger partial charge on any atom is 0.351 e. The molecule has 85 valence electrons. The maximum absolute atomic E-state index is 11.3. The summed E-state index contributed by atoms with van der Waals surface area (Å²) < 4.78 is 0. The first-order chi connectivity index (χ1) is 7.59. The molecule has 2 N–H and O–H groups in total. The van der Waals surface area contributed by atoms with Crippen LogP contribution < -0.4 is 11.2 Å². The Kier molecular flexibility index (Phi) is 4.47. The fourth-order valence-electron chi connectivity index (χ4n) is 0.982. The summed E-state index contributed by atoms with van der Waals surface area (Å²) in [4.78, 5) is 26.5. The van der Waals surface area contributed by atoms with E-state index in [1.165, 1.54) is 6.92 Å². The number of nitrogens with zero attached hydrogens (tertiary/aromatic N) is 1. The van der Waals surface area contributed by atoms with Crippen molar-refractivity contribution in [2.75, 3.05) is 0 Å². The van der Waals surface area contributed by atoms with Crippen LogP contribution in [0.15, 0.2) is 30.3 Å². The average molecular weight is 221 g/mol. The lowest BCUT2D eigenvalue weighted by molar-refractivity contribution is -0.159. The minimum Gasteiger partial charge on any atom is -0.319 e. The van der Waals surface area contributed by atoms with Gasteiger partial charge in [-0.2, -0.15) is 0 Å². The molecule has 0 unspecified atom stereocenters. The summed E-state index contributed by atoms with van der Waals surface area (Å²) in [6.07, 6.45) is 0.104. The number of hydroxylamine groups is 1. The molecule has 0 saturated carbocycles. The lowest BCUT2D eigenvalue weighted by Gasteiger charge is -2.04. The molecule has 1 aromatic carbocycles. The van der Waals surface area contributed by atoms with Gasteiger partial charge in [0.15, 0.2) is 0 Å². The minimum atomic E-state index is -0.784. The fraction of sp³-hybridized carbons (Fsp3) is 0.273. The molecule has 1 radical (unpaired) electrons. The Morgan fingerprint density at radius 2 is 2.00 bits per heavy atom. The second-order valence-corrected chi connectivity index (χ2v) is 3.35. The van der Waals surface area contributed by atoms with Crippen molar-refractivity contribution in [3.63, 3.8) is 0 Å². The summed E-state index contributed by atoms with van der Waals surface area (Å²) in [6, 6.07) is 8.28. The molecule has 0 fully saturated rings. The standard InChI is InChI=1S/C11H13N2O3/c1-8(12)11(15)16-13-10(14)7-9-5-3-2-4-6-9/h2-6,8H,7,12H2,1H3/t8-/m0/s1. The van der Waals surface area contributed by atoms with Gasteiger partial charge in [-0.15, -0.1) is 0 Å². The molecule has 1 atom stereocenters. The Bertz CT molecular complexity index is 363. The number of nitrogens with two attached hydrogens (primary N) is 1. The van der Waals surface area contributed by atoms with E-state index < -0.39 is 17.9 Å². The smallest absolute Gasteiger partial charge is 0.319 e. The van der Waals surface area contributed by atoms with Gasteiger partial charge >= 0.3 is 5.97 Å². The summed E-state index contributed by atoms with van der Waals surface area (Å²) in [6.45, 7) is 1.46. The van der Waals surface area contributed by atoms with Crippen LogP contribution in [0.5, 0.6) is 0 Å². The number of carbonyl (C=O) groups is 2.